The summed E-state index contributed by atoms with van der Waals surface area (Å²) < 4.78 is 0. The number of fused-ring (bicyclic) bond motifs is 1. The summed E-state index contributed by atoms with van der Waals surface area (Å²) in [4.78, 5) is 28.0. The molecule has 166 valence electrons. The van der Waals surface area contributed by atoms with Gasteiger partial charge < -0.3 is 10.2 Å². The van der Waals surface area contributed by atoms with E-state index >= 15 is 0 Å². The van der Waals surface area contributed by atoms with Crippen molar-refractivity contribution in [2.75, 3.05) is 11.9 Å². The number of anilines is 1. The first-order valence-corrected chi connectivity index (χ1v) is 11.2. The summed E-state index contributed by atoms with van der Waals surface area (Å²) >= 11 is 6.12. The summed E-state index contributed by atoms with van der Waals surface area (Å²) in [7, 11) is 1.70. The van der Waals surface area contributed by atoms with E-state index in [4.69, 9.17) is 11.6 Å². The minimum Gasteiger partial charge on any atom is -0.344 e. The maximum absolute atomic E-state index is 13.4. The van der Waals surface area contributed by atoms with Crippen molar-refractivity contribution >= 4 is 39.9 Å². The number of nitrogens with one attached hydrogen (secondary N) is 1. The van der Waals surface area contributed by atoms with E-state index in [2.05, 4.69) is 5.32 Å². The maximum Gasteiger partial charge on any atom is 0.249 e. The fourth-order valence-electron chi connectivity index (χ4n) is 3.96. The molecule has 0 unspecified atom stereocenters. The minimum atomic E-state index is -0.709. The monoisotopic (exact) mass is 456 g/mol. The lowest BCUT2D eigenvalue weighted by molar-refractivity contribution is -0.127. The number of halogens is 1. The van der Waals surface area contributed by atoms with Gasteiger partial charge in [-0.25, -0.2) is 0 Å². The van der Waals surface area contributed by atoms with E-state index in [0.29, 0.717) is 17.1 Å². The Morgan fingerprint density at radius 3 is 2.36 bits per heavy atom. The molecule has 5 heteroatoms. The summed E-state index contributed by atoms with van der Waals surface area (Å²) in [6.45, 7) is 0. The van der Waals surface area contributed by atoms with Crippen molar-refractivity contribution < 1.29 is 9.59 Å². The predicted octanol–water partition coefficient (Wildman–Crippen LogP) is 5.43. The SMILES string of the molecule is CN(C(=O)[C@H](Cc1ccccc1)NC(=O)Cc1cccc2ccccc12)c1cccc(Cl)c1. The van der Waals surface area contributed by atoms with Gasteiger partial charge in [-0.1, -0.05) is 90.5 Å². The normalized spacial score (nSPS) is 11.7. The average molecular weight is 457 g/mol. The van der Waals surface area contributed by atoms with E-state index in [-0.39, 0.29) is 18.2 Å². The van der Waals surface area contributed by atoms with Gasteiger partial charge in [0.15, 0.2) is 0 Å². The van der Waals surface area contributed by atoms with Crippen molar-refractivity contribution in [3.8, 4) is 0 Å². The highest BCUT2D eigenvalue weighted by atomic mass is 35.5. The van der Waals surface area contributed by atoms with Gasteiger partial charge in [0, 0.05) is 24.2 Å². The summed E-state index contributed by atoms with van der Waals surface area (Å²) in [5.74, 6) is -0.396. The average Bonchev–Trinajstić information content (AvgIpc) is 2.83. The highest BCUT2D eigenvalue weighted by molar-refractivity contribution is 6.30. The van der Waals surface area contributed by atoms with Crippen LogP contribution in [0, 0.1) is 0 Å². The van der Waals surface area contributed by atoms with Crippen LogP contribution in [0.15, 0.2) is 97.1 Å². The van der Waals surface area contributed by atoms with Gasteiger partial charge in [-0.05, 0) is 40.1 Å². The molecule has 4 aromatic carbocycles. The number of likely N-dealkylation sites (N-methyl/N-ethyl adjacent to an activating group) is 1. The lowest BCUT2D eigenvalue weighted by Crippen LogP contribution is -2.49. The van der Waals surface area contributed by atoms with Crippen LogP contribution in [0.25, 0.3) is 10.8 Å². The molecule has 4 rings (SSSR count). The Morgan fingerprint density at radius 2 is 1.58 bits per heavy atom. The van der Waals surface area contributed by atoms with E-state index in [1.807, 2.05) is 78.9 Å². The molecular formula is C28H25ClN2O2. The van der Waals surface area contributed by atoms with E-state index < -0.39 is 6.04 Å². The molecule has 0 bridgehead atoms. The number of rotatable bonds is 7. The molecule has 0 radical (unpaired) electrons. The fourth-order valence-corrected chi connectivity index (χ4v) is 4.15. The van der Waals surface area contributed by atoms with Crippen LogP contribution in [0.1, 0.15) is 11.1 Å². The van der Waals surface area contributed by atoms with Gasteiger partial charge in [0.1, 0.15) is 6.04 Å². The molecular weight excluding hydrogens is 432 g/mol. The van der Waals surface area contributed by atoms with Crippen molar-refractivity contribution in [2.45, 2.75) is 18.9 Å². The number of carbonyl (C=O) groups excluding carboxylic acids is 2. The molecule has 33 heavy (non-hydrogen) atoms. The van der Waals surface area contributed by atoms with Gasteiger partial charge in [-0.15, -0.1) is 0 Å². The summed E-state index contributed by atoms with van der Waals surface area (Å²) in [5, 5.41) is 5.65. The van der Waals surface area contributed by atoms with Crippen LogP contribution in [0.4, 0.5) is 5.69 Å². The first-order chi connectivity index (χ1) is 16.0. The number of nitrogens with zero attached hydrogens (tertiary/aromatic N) is 1. The van der Waals surface area contributed by atoms with Gasteiger partial charge in [-0.3, -0.25) is 9.59 Å². The molecule has 0 aromatic heterocycles. The van der Waals surface area contributed by atoms with Crippen LogP contribution in [0.3, 0.4) is 0 Å². The molecule has 0 aliphatic heterocycles. The van der Waals surface area contributed by atoms with Crippen molar-refractivity contribution in [1.29, 1.82) is 0 Å². The molecule has 1 atom stereocenters. The third kappa shape index (κ3) is 5.60. The molecule has 0 fully saturated rings. The van der Waals surface area contributed by atoms with Gasteiger partial charge in [0.25, 0.3) is 0 Å². The Kier molecular flexibility index (Phi) is 7.06. The molecule has 0 aliphatic carbocycles. The number of hydrogen-bond donors (Lipinski definition) is 1. The number of benzene rings is 4. The zero-order valence-electron chi connectivity index (χ0n) is 18.4. The minimum absolute atomic E-state index is 0.194. The van der Waals surface area contributed by atoms with Gasteiger partial charge in [-0.2, -0.15) is 0 Å². The molecule has 2 amide bonds. The van der Waals surface area contributed by atoms with Crippen LogP contribution in [0.5, 0.6) is 0 Å². The van der Waals surface area contributed by atoms with Crippen LogP contribution in [0.2, 0.25) is 5.02 Å². The van der Waals surface area contributed by atoms with Crippen LogP contribution < -0.4 is 10.2 Å². The molecule has 0 saturated carbocycles. The largest absolute Gasteiger partial charge is 0.344 e. The zero-order chi connectivity index (χ0) is 23.2. The van der Waals surface area contributed by atoms with E-state index in [0.717, 1.165) is 21.9 Å². The molecule has 0 saturated heterocycles. The quantitative estimate of drug-likeness (QED) is 0.403. The van der Waals surface area contributed by atoms with Gasteiger partial charge in [0.2, 0.25) is 11.8 Å². The highest BCUT2D eigenvalue weighted by Gasteiger charge is 2.25. The van der Waals surface area contributed by atoms with Crippen LogP contribution >= 0.6 is 11.6 Å². The Morgan fingerprint density at radius 1 is 0.879 bits per heavy atom. The van der Waals surface area contributed by atoms with Crippen molar-refractivity contribution in [3.63, 3.8) is 0 Å². The molecule has 0 heterocycles. The topological polar surface area (TPSA) is 49.4 Å². The summed E-state index contributed by atoms with van der Waals surface area (Å²) in [5.41, 5.74) is 2.58. The first kappa shape index (κ1) is 22.6. The lowest BCUT2D eigenvalue weighted by Gasteiger charge is -2.25. The van der Waals surface area contributed by atoms with E-state index in [1.54, 1.807) is 25.2 Å². The third-order valence-electron chi connectivity index (χ3n) is 5.67. The van der Waals surface area contributed by atoms with Gasteiger partial charge in [0.05, 0.1) is 6.42 Å². The number of amides is 2. The fraction of sp³-hybridized carbons (Fsp3) is 0.143. The van der Waals surface area contributed by atoms with Gasteiger partial charge >= 0.3 is 0 Å². The van der Waals surface area contributed by atoms with E-state index in [1.165, 1.54) is 4.90 Å². The second kappa shape index (κ2) is 10.3. The second-order valence-corrected chi connectivity index (χ2v) is 8.44. The predicted molar refractivity (Wildman–Crippen MR) is 135 cm³/mol. The maximum atomic E-state index is 13.4. The van der Waals surface area contributed by atoms with Crippen molar-refractivity contribution in [3.05, 3.63) is 113 Å². The molecule has 1 N–H and O–H groups in total. The Hall–Kier alpha value is -3.63. The van der Waals surface area contributed by atoms with Crippen molar-refractivity contribution in [1.82, 2.24) is 5.32 Å². The molecule has 4 aromatic rings. The Bertz CT molecular complexity index is 1270. The molecule has 4 nitrogen and oxygen atoms in total. The Balaban J connectivity index is 1.56. The molecule has 0 spiro atoms. The Labute approximate surface area is 198 Å². The van der Waals surface area contributed by atoms with Crippen LogP contribution in [-0.4, -0.2) is 24.9 Å². The molecule has 0 aliphatic rings. The van der Waals surface area contributed by atoms with E-state index in [9.17, 15) is 9.59 Å². The smallest absolute Gasteiger partial charge is 0.249 e. The first-order valence-electron chi connectivity index (χ1n) is 10.8. The van der Waals surface area contributed by atoms with Crippen LogP contribution in [-0.2, 0) is 22.4 Å². The summed E-state index contributed by atoms with van der Waals surface area (Å²) in [6.07, 6.45) is 0.590. The number of hydrogen-bond acceptors (Lipinski definition) is 2. The van der Waals surface area contributed by atoms with Crippen molar-refractivity contribution in [2.24, 2.45) is 0 Å². The highest BCUT2D eigenvalue weighted by Crippen LogP contribution is 2.21. The standard InChI is InChI=1S/C28H25ClN2O2/c1-31(24-15-8-14-23(29)19-24)28(33)26(17-20-9-3-2-4-10-20)30-27(32)18-22-13-7-12-21-11-5-6-16-25(21)22/h2-16,19,26H,17-18H2,1H3,(H,30,32)/t26-/m0/s1. The zero-order valence-corrected chi connectivity index (χ0v) is 19.1. The lowest BCUT2D eigenvalue weighted by atomic mass is 10.0. The number of carbonyl (C=O) groups is 2. The second-order valence-electron chi connectivity index (χ2n) is 8.00. The summed E-state index contributed by atoms with van der Waals surface area (Å²) in [6, 6.07) is 30.0. The third-order valence-corrected chi connectivity index (χ3v) is 5.91.